The number of benzene rings is 2. The fourth-order valence-corrected chi connectivity index (χ4v) is 2.19. The summed E-state index contributed by atoms with van der Waals surface area (Å²) in [6.07, 6.45) is 0. The van der Waals surface area contributed by atoms with E-state index in [1.165, 1.54) is 11.6 Å². The van der Waals surface area contributed by atoms with Gasteiger partial charge in [-0.2, -0.15) is 0 Å². The fraction of sp³-hybridized carbons (Fsp3) is 0.133. The van der Waals surface area contributed by atoms with Gasteiger partial charge in [-0.3, -0.25) is 4.79 Å². The minimum Gasteiger partial charge on any atom is -0.399 e. The van der Waals surface area contributed by atoms with Gasteiger partial charge in [-0.25, -0.2) is 0 Å². The molecule has 20 heavy (non-hydrogen) atoms. The lowest BCUT2D eigenvalue weighted by atomic mass is 10.1. The van der Waals surface area contributed by atoms with Gasteiger partial charge in [0.2, 0.25) is 0 Å². The zero-order valence-corrected chi connectivity index (χ0v) is 11.9. The van der Waals surface area contributed by atoms with Crippen molar-refractivity contribution in [2.75, 3.05) is 11.1 Å². The third-order valence-electron chi connectivity index (χ3n) is 2.97. The van der Waals surface area contributed by atoms with Crippen molar-refractivity contribution in [1.82, 2.24) is 0 Å². The number of anilines is 2. The molecule has 0 aliphatic carbocycles. The second kappa shape index (κ2) is 5.84. The standard InChI is InChI=1S/C15H16ClN3O/c1-9-2-4-10(5-3-9)8-19-14-12(15(18)20)6-11(17)7-13(14)16/h2-7,19H,8,17H2,1H3,(H2,18,20). The molecule has 4 nitrogen and oxygen atoms in total. The Morgan fingerprint density at radius 2 is 1.90 bits per heavy atom. The van der Waals surface area contributed by atoms with Crippen LogP contribution in [0.2, 0.25) is 5.02 Å². The summed E-state index contributed by atoms with van der Waals surface area (Å²) in [5.41, 5.74) is 14.5. The number of primary amides is 1. The van der Waals surface area contributed by atoms with E-state index >= 15 is 0 Å². The van der Waals surface area contributed by atoms with Gasteiger partial charge in [0.15, 0.2) is 0 Å². The molecule has 0 atom stereocenters. The average molecular weight is 290 g/mol. The van der Waals surface area contributed by atoms with Crippen molar-refractivity contribution >= 4 is 28.9 Å². The van der Waals surface area contributed by atoms with E-state index in [9.17, 15) is 4.79 Å². The van der Waals surface area contributed by atoms with E-state index in [4.69, 9.17) is 23.1 Å². The van der Waals surface area contributed by atoms with Crippen molar-refractivity contribution < 1.29 is 4.79 Å². The number of aryl methyl sites for hydroxylation is 1. The zero-order chi connectivity index (χ0) is 14.7. The minimum absolute atomic E-state index is 0.294. The number of rotatable bonds is 4. The molecule has 2 rings (SSSR count). The number of amides is 1. The molecule has 2 aromatic rings. The number of hydrogen-bond acceptors (Lipinski definition) is 3. The van der Waals surface area contributed by atoms with E-state index in [0.29, 0.717) is 28.5 Å². The van der Waals surface area contributed by atoms with Crippen LogP contribution in [0.1, 0.15) is 21.5 Å². The van der Waals surface area contributed by atoms with Crippen molar-refractivity contribution in [3.05, 3.63) is 58.1 Å². The minimum atomic E-state index is -0.564. The molecule has 104 valence electrons. The van der Waals surface area contributed by atoms with Crippen molar-refractivity contribution in [3.63, 3.8) is 0 Å². The summed E-state index contributed by atoms with van der Waals surface area (Å²) in [7, 11) is 0. The van der Waals surface area contributed by atoms with Crippen LogP contribution in [0.15, 0.2) is 36.4 Å². The lowest BCUT2D eigenvalue weighted by molar-refractivity contribution is 0.100. The van der Waals surface area contributed by atoms with Crippen LogP contribution >= 0.6 is 11.6 Å². The monoisotopic (exact) mass is 289 g/mol. The largest absolute Gasteiger partial charge is 0.399 e. The van der Waals surface area contributed by atoms with Gasteiger partial charge in [0.05, 0.1) is 16.3 Å². The second-order valence-corrected chi connectivity index (χ2v) is 5.04. The molecule has 0 saturated carbocycles. The number of halogens is 1. The first-order chi connectivity index (χ1) is 9.47. The molecule has 0 saturated heterocycles. The molecule has 0 unspecified atom stereocenters. The molecule has 0 bridgehead atoms. The predicted octanol–water partition coefficient (Wildman–Crippen LogP) is 2.94. The van der Waals surface area contributed by atoms with Crippen LogP contribution in [-0.2, 0) is 6.54 Å². The molecule has 5 N–H and O–H groups in total. The summed E-state index contributed by atoms with van der Waals surface area (Å²) in [4.78, 5) is 11.5. The molecule has 0 aromatic heterocycles. The van der Waals surface area contributed by atoms with Gasteiger partial charge in [-0.15, -0.1) is 0 Å². The van der Waals surface area contributed by atoms with Crippen LogP contribution in [0.3, 0.4) is 0 Å². The number of carbonyl (C=O) groups excluding carboxylic acids is 1. The Labute approximate surface area is 122 Å². The van der Waals surface area contributed by atoms with E-state index in [1.807, 2.05) is 31.2 Å². The summed E-state index contributed by atoms with van der Waals surface area (Å²) in [6, 6.07) is 11.2. The smallest absolute Gasteiger partial charge is 0.250 e. The lowest BCUT2D eigenvalue weighted by Gasteiger charge is -2.13. The van der Waals surface area contributed by atoms with Crippen LogP contribution in [-0.4, -0.2) is 5.91 Å². The first-order valence-corrected chi connectivity index (χ1v) is 6.53. The Morgan fingerprint density at radius 1 is 1.25 bits per heavy atom. The molecule has 0 aliphatic heterocycles. The Balaban J connectivity index is 2.24. The number of nitrogen functional groups attached to an aromatic ring is 1. The van der Waals surface area contributed by atoms with Gasteiger partial charge in [-0.1, -0.05) is 41.4 Å². The quantitative estimate of drug-likeness (QED) is 0.757. The maximum atomic E-state index is 11.5. The van der Waals surface area contributed by atoms with Gasteiger partial charge in [0.25, 0.3) is 5.91 Å². The van der Waals surface area contributed by atoms with Crippen LogP contribution in [0.5, 0.6) is 0 Å². The molecule has 5 heteroatoms. The van der Waals surface area contributed by atoms with Crippen molar-refractivity contribution in [2.45, 2.75) is 13.5 Å². The van der Waals surface area contributed by atoms with Gasteiger partial charge >= 0.3 is 0 Å². The third-order valence-corrected chi connectivity index (χ3v) is 3.27. The summed E-state index contributed by atoms with van der Waals surface area (Å²) < 4.78 is 0. The maximum Gasteiger partial charge on any atom is 0.250 e. The van der Waals surface area contributed by atoms with Crippen LogP contribution < -0.4 is 16.8 Å². The zero-order valence-electron chi connectivity index (χ0n) is 11.1. The molecule has 0 aliphatic rings. The highest BCUT2D eigenvalue weighted by Gasteiger charge is 2.13. The third kappa shape index (κ3) is 3.22. The van der Waals surface area contributed by atoms with E-state index in [1.54, 1.807) is 6.07 Å². The van der Waals surface area contributed by atoms with E-state index in [2.05, 4.69) is 5.32 Å². The fourth-order valence-electron chi connectivity index (χ4n) is 1.90. The summed E-state index contributed by atoms with van der Waals surface area (Å²) in [6.45, 7) is 2.57. The molecule has 0 radical (unpaired) electrons. The van der Waals surface area contributed by atoms with Crippen LogP contribution in [0.4, 0.5) is 11.4 Å². The average Bonchev–Trinajstić information content (AvgIpc) is 2.38. The SMILES string of the molecule is Cc1ccc(CNc2c(Cl)cc(N)cc2C(N)=O)cc1. The Hall–Kier alpha value is -2.20. The molecule has 0 spiro atoms. The topological polar surface area (TPSA) is 81.1 Å². The Morgan fingerprint density at radius 3 is 2.50 bits per heavy atom. The van der Waals surface area contributed by atoms with E-state index in [0.717, 1.165) is 5.56 Å². The van der Waals surface area contributed by atoms with Crippen LogP contribution in [0, 0.1) is 6.92 Å². The number of carbonyl (C=O) groups is 1. The molecule has 1 amide bonds. The van der Waals surface area contributed by atoms with Gasteiger partial charge in [-0.05, 0) is 24.6 Å². The van der Waals surface area contributed by atoms with Gasteiger partial charge in [0.1, 0.15) is 0 Å². The van der Waals surface area contributed by atoms with E-state index in [-0.39, 0.29) is 0 Å². The summed E-state index contributed by atoms with van der Waals surface area (Å²) in [5.74, 6) is -0.564. The Kier molecular flexibility index (Phi) is 4.15. The van der Waals surface area contributed by atoms with E-state index < -0.39 is 5.91 Å². The summed E-state index contributed by atoms with van der Waals surface area (Å²) >= 11 is 6.12. The highest BCUT2D eigenvalue weighted by Crippen LogP contribution is 2.29. The van der Waals surface area contributed by atoms with Crippen molar-refractivity contribution in [1.29, 1.82) is 0 Å². The first kappa shape index (κ1) is 14.2. The molecule has 0 heterocycles. The highest BCUT2D eigenvalue weighted by molar-refractivity contribution is 6.34. The van der Waals surface area contributed by atoms with Crippen molar-refractivity contribution in [2.24, 2.45) is 5.73 Å². The normalized spacial score (nSPS) is 10.3. The lowest BCUT2D eigenvalue weighted by Crippen LogP contribution is -2.15. The number of nitrogens with two attached hydrogens (primary N) is 2. The first-order valence-electron chi connectivity index (χ1n) is 6.15. The maximum absolute atomic E-state index is 11.5. The van der Waals surface area contributed by atoms with Crippen molar-refractivity contribution in [3.8, 4) is 0 Å². The summed E-state index contributed by atoms with van der Waals surface area (Å²) in [5, 5.41) is 3.52. The Bertz CT molecular complexity index is 638. The molecular formula is C15H16ClN3O. The molecular weight excluding hydrogens is 274 g/mol. The second-order valence-electron chi connectivity index (χ2n) is 4.63. The predicted molar refractivity (Wildman–Crippen MR) is 82.9 cm³/mol. The molecule has 0 fully saturated rings. The number of hydrogen-bond donors (Lipinski definition) is 3. The number of nitrogens with one attached hydrogen (secondary N) is 1. The van der Waals surface area contributed by atoms with Crippen LogP contribution in [0.25, 0.3) is 0 Å². The van der Waals surface area contributed by atoms with Gasteiger partial charge < -0.3 is 16.8 Å². The molecule has 2 aromatic carbocycles. The highest BCUT2D eigenvalue weighted by atomic mass is 35.5. The van der Waals surface area contributed by atoms with Gasteiger partial charge in [0, 0.05) is 12.2 Å².